The standard InChI is InChI=1S/C38H53NSSi/c1-26-30-20-21-39-33(28-22-27-16-14-15-19-31(27)32(23-28)38(8,9)10)34(30)40-35(26)41(24-36(2,3)4,25-37(5,6)7)29-17-12-11-13-18-29/h14-16,19-23,29H,11-13,17-18,24-25H2,1-10H3. The molecule has 1 saturated carbocycles. The topological polar surface area (TPSA) is 12.9 Å². The Morgan fingerprint density at radius 2 is 1.44 bits per heavy atom. The van der Waals surface area contributed by atoms with Gasteiger partial charge >= 0.3 is 0 Å². The van der Waals surface area contributed by atoms with E-state index in [4.69, 9.17) is 4.98 Å². The number of aromatic nitrogens is 1. The molecule has 4 aromatic rings. The molecule has 0 aliphatic heterocycles. The van der Waals surface area contributed by atoms with Crippen molar-refractivity contribution in [3.8, 4) is 11.3 Å². The molecule has 0 saturated heterocycles. The van der Waals surface area contributed by atoms with Crippen molar-refractivity contribution >= 4 is 44.8 Å². The molecular formula is C38H53NSSi. The molecule has 2 heterocycles. The van der Waals surface area contributed by atoms with Crippen LogP contribution in [0.15, 0.2) is 48.7 Å². The van der Waals surface area contributed by atoms with Crippen LogP contribution in [0, 0.1) is 17.8 Å². The van der Waals surface area contributed by atoms with Crippen molar-refractivity contribution < 1.29 is 0 Å². The number of aryl methyl sites for hydroxylation is 1. The molecule has 0 amide bonds. The minimum absolute atomic E-state index is 0.0580. The highest BCUT2D eigenvalue weighted by Crippen LogP contribution is 2.50. The average molecular weight is 584 g/mol. The third kappa shape index (κ3) is 6.23. The predicted octanol–water partition coefficient (Wildman–Crippen LogP) is 11.8. The lowest BCUT2D eigenvalue weighted by Gasteiger charge is -2.47. The second kappa shape index (κ2) is 10.9. The summed E-state index contributed by atoms with van der Waals surface area (Å²) in [6.07, 6.45) is 9.18. The first kappa shape index (κ1) is 30.5. The first-order valence-corrected chi connectivity index (χ1v) is 19.3. The molecule has 0 unspecified atom stereocenters. The maximum absolute atomic E-state index is 5.13. The highest BCUT2D eigenvalue weighted by Gasteiger charge is 2.49. The van der Waals surface area contributed by atoms with E-state index >= 15 is 0 Å². The van der Waals surface area contributed by atoms with E-state index in [1.165, 1.54) is 81.9 Å². The number of hydrogen-bond donors (Lipinski definition) is 0. The largest absolute Gasteiger partial charge is 0.255 e. The van der Waals surface area contributed by atoms with Crippen LogP contribution >= 0.6 is 11.3 Å². The molecule has 0 spiro atoms. The summed E-state index contributed by atoms with van der Waals surface area (Å²) in [6, 6.07) is 18.8. The fourth-order valence-corrected chi connectivity index (χ4v) is 18.8. The van der Waals surface area contributed by atoms with E-state index in [0.29, 0.717) is 10.8 Å². The molecule has 5 rings (SSSR count). The zero-order valence-corrected chi connectivity index (χ0v) is 29.3. The number of rotatable bonds is 5. The Hall–Kier alpha value is -1.97. The van der Waals surface area contributed by atoms with Crippen LogP contribution in [-0.2, 0) is 5.41 Å². The minimum atomic E-state index is -1.89. The third-order valence-electron chi connectivity index (χ3n) is 9.33. The highest BCUT2D eigenvalue weighted by molar-refractivity contribution is 7.32. The summed E-state index contributed by atoms with van der Waals surface area (Å²) >= 11 is 2.15. The van der Waals surface area contributed by atoms with Gasteiger partial charge in [0, 0.05) is 11.8 Å². The van der Waals surface area contributed by atoms with Gasteiger partial charge in [0.2, 0.25) is 0 Å². The number of thiophene rings is 1. The zero-order chi connectivity index (χ0) is 29.8. The van der Waals surface area contributed by atoms with Gasteiger partial charge in [-0.1, -0.05) is 119 Å². The van der Waals surface area contributed by atoms with Crippen molar-refractivity contribution in [2.24, 2.45) is 10.8 Å². The molecule has 1 nitrogen and oxygen atoms in total. The van der Waals surface area contributed by atoms with Crippen LogP contribution in [-0.4, -0.2) is 13.1 Å². The van der Waals surface area contributed by atoms with Crippen molar-refractivity contribution in [1.82, 2.24) is 4.98 Å². The van der Waals surface area contributed by atoms with Gasteiger partial charge in [-0.15, -0.1) is 11.3 Å². The lowest BCUT2D eigenvalue weighted by Crippen LogP contribution is -2.56. The van der Waals surface area contributed by atoms with Crippen LogP contribution in [0.4, 0.5) is 0 Å². The van der Waals surface area contributed by atoms with Crippen LogP contribution < -0.4 is 4.50 Å². The molecule has 2 aromatic carbocycles. The lowest BCUT2D eigenvalue weighted by molar-refractivity contribution is 0.413. The van der Waals surface area contributed by atoms with E-state index in [1.807, 2.05) is 0 Å². The number of benzene rings is 2. The minimum Gasteiger partial charge on any atom is -0.255 e. The monoisotopic (exact) mass is 583 g/mol. The van der Waals surface area contributed by atoms with Crippen LogP contribution in [0.1, 0.15) is 106 Å². The number of nitrogens with zero attached hydrogens (tertiary/aromatic N) is 1. The van der Waals surface area contributed by atoms with E-state index in [0.717, 1.165) is 5.54 Å². The Bertz CT molecular complexity index is 1520. The quantitative estimate of drug-likeness (QED) is 0.213. The van der Waals surface area contributed by atoms with E-state index < -0.39 is 8.07 Å². The van der Waals surface area contributed by atoms with E-state index in [9.17, 15) is 0 Å². The van der Waals surface area contributed by atoms with E-state index in [2.05, 4.69) is 129 Å². The first-order chi connectivity index (χ1) is 19.1. The van der Waals surface area contributed by atoms with Gasteiger partial charge in [-0.25, -0.2) is 0 Å². The smallest absolute Gasteiger partial charge is 0.104 e. The second-order valence-electron chi connectivity index (χ2n) is 16.6. The Kier molecular flexibility index (Phi) is 8.14. The summed E-state index contributed by atoms with van der Waals surface area (Å²) in [5.41, 5.74) is 6.99. The van der Waals surface area contributed by atoms with Gasteiger partial charge in [0.25, 0.3) is 0 Å². The zero-order valence-electron chi connectivity index (χ0n) is 27.5. The molecule has 41 heavy (non-hydrogen) atoms. The van der Waals surface area contributed by atoms with Gasteiger partial charge in [-0.3, -0.25) is 4.98 Å². The van der Waals surface area contributed by atoms with Gasteiger partial charge in [-0.2, -0.15) is 0 Å². The fourth-order valence-electron chi connectivity index (χ4n) is 8.14. The first-order valence-electron chi connectivity index (χ1n) is 16.0. The van der Waals surface area contributed by atoms with Gasteiger partial charge in [-0.05, 0) is 90.8 Å². The maximum atomic E-state index is 5.13. The van der Waals surface area contributed by atoms with E-state index in [-0.39, 0.29) is 5.41 Å². The summed E-state index contributed by atoms with van der Waals surface area (Å²) in [4.78, 5) is 5.13. The molecule has 220 valence electrons. The van der Waals surface area contributed by atoms with Crippen molar-refractivity contribution in [2.45, 2.75) is 124 Å². The van der Waals surface area contributed by atoms with Gasteiger partial charge in [0.1, 0.15) is 8.07 Å². The molecule has 0 N–H and O–H groups in total. The molecular weight excluding hydrogens is 531 g/mol. The molecule has 3 heteroatoms. The maximum Gasteiger partial charge on any atom is 0.104 e. The molecule has 0 radical (unpaired) electrons. The summed E-state index contributed by atoms with van der Waals surface area (Å²) in [7, 11) is -1.89. The Balaban J connectivity index is 1.78. The SMILES string of the molecule is Cc1c([Si](CC(C)(C)C)(CC(C)(C)C)C2CCCCC2)sc2c(-c3cc(C(C)(C)C)c4ccccc4c3)nccc12. The molecule has 0 atom stereocenters. The van der Waals surface area contributed by atoms with Crippen LogP contribution in [0.2, 0.25) is 17.6 Å². The number of hydrogen-bond acceptors (Lipinski definition) is 2. The Labute approximate surface area is 255 Å². The van der Waals surface area contributed by atoms with Gasteiger partial charge in [0.15, 0.2) is 0 Å². The molecule has 1 fully saturated rings. The lowest BCUT2D eigenvalue weighted by atomic mass is 9.82. The predicted molar refractivity (Wildman–Crippen MR) is 187 cm³/mol. The summed E-state index contributed by atoms with van der Waals surface area (Å²) < 4.78 is 3.20. The Morgan fingerprint density at radius 3 is 2.05 bits per heavy atom. The fraction of sp³-hybridized carbons (Fsp3) is 0.553. The Morgan fingerprint density at radius 1 is 0.805 bits per heavy atom. The van der Waals surface area contributed by atoms with Crippen LogP contribution in [0.3, 0.4) is 0 Å². The average Bonchev–Trinajstić information content (AvgIpc) is 3.23. The van der Waals surface area contributed by atoms with Crippen molar-refractivity contribution in [2.75, 3.05) is 0 Å². The normalized spacial score (nSPS) is 16.1. The van der Waals surface area contributed by atoms with Crippen molar-refractivity contribution in [1.29, 1.82) is 0 Å². The van der Waals surface area contributed by atoms with Gasteiger partial charge < -0.3 is 0 Å². The summed E-state index contributed by atoms with van der Waals surface area (Å²) in [6.45, 7) is 24.5. The summed E-state index contributed by atoms with van der Waals surface area (Å²) in [5.74, 6) is 0. The van der Waals surface area contributed by atoms with Gasteiger partial charge in [0.05, 0.1) is 10.4 Å². The molecule has 1 aliphatic rings. The van der Waals surface area contributed by atoms with E-state index in [1.54, 1.807) is 10.1 Å². The third-order valence-corrected chi connectivity index (χ3v) is 18.8. The van der Waals surface area contributed by atoms with Crippen molar-refractivity contribution in [3.05, 3.63) is 59.8 Å². The van der Waals surface area contributed by atoms with Crippen LogP contribution in [0.25, 0.3) is 32.1 Å². The highest BCUT2D eigenvalue weighted by atomic mass is 32.1. The summed E-state index contributed by atoms with van der Waals surface area (Å²) in [5, 5.41) is 4.11. The van der Waals surface area contributed by atoms with Crippen LogP contribution in [0.5, 0.6) is 0 Å². The number of pyridine rings is 1. The number of fused-ring (bicyclic) bond motifs is 2. The molecule has 2 aromatic heterocycles. The molecule has 0 bridgehead atoms. The van der Waals surface area contributed by atoms with Crippen molar-refractivity contribution in [3.63, 3.8) is 0 Å². The second-order valence-corrected chi connectivity index (χ2v) is 22.3. The molecule has 1 aliphatic carbocycles.